The van der Waals surface area contributed by atoms with Gasteiger partial charge in [-0.05, 0) is 49.6 Å². The van der Waals surface area contributed by atoms with Gasteiger partial charge in [-0.25, -0.2) is 0 Å². The minimum Gasteiger partial charge on any atom is -0.497 e. The Morgan fingerprint density at radius 2 is 1.74 bits per heavy atom. The van der Waals surface area contributed by atoms with Crippen molar-refractivity contribution in [1.29, 1.82) is 0 Å². The first-order valence-electron chi connectivity index (χ1n) is 11.4. The number of carbonyl (C=O) groups is 3. The molecule has 0 aliphatic carbocycles. The summed E-state index contributed by atoms with van der Waals surface area (Å²) in [5.41, 5.74) is 3.19. The fourth-order valence-corrected chi connectivity index (χ4v) is 4.20. The molecule has 0 spiro atoms. The maximum Gasteiger partial charge on any atom is 0.416 e. The zero-order chi connectivity index (χ0) is 26.8. The lowest BCUT2D eigenvalue weighted by Gasteiger charge is -2.37. The number of carbonyl (C=O) groups excluding carboxylic acids is 3. The van der Waals surface area contributed by atoms with Gasteiger partial charge in [-0.2, -0.15) is 13.2 Å². The van der Waals surface area contributed by atoms with Gasteiger partial charge in [-0.15, -0.1) is 0 Å². The van der Waals surface area contributed by atoms with E-state index in [1.54, 1.807) is 12.1 Å². The van der Waals surface area contributed by atoms with Gasteiger partial charge in [-0.1, -0.05) is 27.7 Å². The summed E-state index contributed by atoms with van der Waals surface area (Å²) in [6.07, 6.45) is -7.40. The molecule has 2 rings (SSSR count). The van der Waals surface area contributed by atoms with E-state index < -0.39 is 58.7 Å². The molecule has 1 aromatic carbocycles. The summed E-state index contributed by atoms with van der Waals surface area (Å²) in [5, 5.41) is 14.8. The third kappa shape index (κ3) is 5.84. The highest BCUT2D eigenvalue weighted by Gasteiger charge is 2.55. The second-order valence-electron chi connectivity index (χ2n) is 9.79. The number of nitrogens with two attached hydrogens (primary N) is 1. The zero-order valence-corrected chi connectivity index (χ0v) is 20.5. The lowest BCUT2D eigenvalue weighted by atomic mass is 9.71. The summed E-state index contributed by atoms with van der Waals surface area (Å²) in [4.78, 5) is 40.1. The average molecular weight is 502 g/mol. The summed E-state index contributed by atoms with van der Waals surface area (Å²) in [7, 11) is 1.48. The molecule has 0 aromatic heterocycles. The number of aliphatic hydroxyl groups excluding tert-OH is 1. The molecular weight excluding hydrogens is 467 g/mol. The first-order valence-corrected chi connectivity index (χ1v) is 11.4. The van der Waals surface area contributed by atoms with Crippen molar-refractivity contribution in [2.45, 2.75) is 70.4 Å². The Kier molecular flexibility index (Phi) is 8.73. The number of halogens is 3. The summed E-state index contributed by atoms with van der Waals surface area (Å²) >= 11 is 0. The van der Waals surface area contributed by atoms with Crippen molar-refractivity contribution in [3.05, 3.63) is 29.8 Å². The summed E-state index contributed by atoms with van der Waals surface area (Å²) < 4.78 is 44.6. The lowest BCUT2D eigenvalue weighted by Crippen LogP contribution is -2.68. The molecular formula is C24H34F3N3O5. The van der Waals surface area contributed by atoms with E-state index in [9.17, 15) is 32.7 Å². The van der Waals surface area contributed by atoms with Crippen molar-refractivity contribution in [1.82, 2.24) is 10.6 Å². The molecule has 2 unspecified atom stereocenters. The molecule has 1 saturated heterocycles. The van der Waals surface area contributed by atoms with Crippen LogP contribution in [0.25, 0.3) is 0 Å². The second-order valence-corrected chi connectivity index (χ2v) is 9.79. The predicted molar refractivity (Wildman–Crippen MR) is 123 cm³/mol. The highest BCUT2D eigenvalue weighted by Crippen LogP contribution is 2.33. The molecule has 1 heterocycles. The molecule has 35 heavy (non-hydrogen) atoms. The Bertz CT molecular complexity index is 925. The fourth-order valence-electron chi connectivity index (χ4n) is 4.20. The molecule has 4 atom stereocenters. The van der Waals surface area contributed by atoms with Crippen LogP contribution in [0.5, 0.6) is 5.75 Å². The van der Waals surface area contributed by atoms with Crippen molar-refractivity contribution in [3.8, 4) is 5.75 Å². The molecule has 11 heteroatoms. The van der Waals surface area contributed by atoms with E-state index in [-0.39, 0.29) is 18.5 Å². The normalized spacial score (nSPS) is 21.3. The van der Waals surface area contributed by atoms with E-state index in [1.165, 1.54) is 46.9 Å². The number of ether oxygens (including phenoxy) is 1. The molecule has 1 fully saturated rings. The standard InChI is InChI=1S/C24H34F3N3O5/c1-13(2)16(19(32)24(25,26)27)30-21(34)23(11-6-12-29-23)20(33)17(28)22(3,4)18(31)14-7-9-15(35-5)10-8-14/h7-10,13,16-17,19,29,32H,6,11-12,28H2,1-5H3,(H,30,34)/t16?,17-,19?,23+/m1/s1. The van der Waals surface area contributed by atoms with Gasteiger partial charge in [0.05, 0.1) is 24.6 Å². The third-order valence-electron chi connectivity index (χ3n) is 6.65. The van der Waals surface area contributed by atoms with Gasteiger partial charge in [0.1, 0.15) is 5.75 Å². The Balaban J connectivity index is 2.33. The van der Waals surface area contributed by atoms with Crippen LogP contribution in [0.1, 0.15) is 50.9 Å². The highest BCUT2D eigenvalue weighted by molar-refractivity contribution is 6.15. The number of nitrogens with one attached hydrogen (secondary N) is 2. The van der Waals surface area contributed by atoms with Crippen LogP contribution in [0.15, 0.2) is 24.3 Å². The van der Waals surface area contributed by atoms with E-state index in [1.807, 2.05) is 0 Å². The number of alkyl halides is 3. The van der Waals surface area contributed by atoms with Crippen LogP contribution in [-0.2, 0) is 9.59 Å². The average Bonchev–Trinajstić information content (AvgIpc) is 3.31. The van der Waals surface area contributed by atoms with E-state index in [0.29, 0.717) is 12.2 Å². The van der Waals surface area contributed by atoms with Gasteiger partial charge in [0, 0.05) is 5.56 Å². The number of amides is 1. The van der Waals surface area contributed by atoms with Crippen LogP contribution in [0.2, 0.25) is 0 Å². The summed E-state index contributed by atoms with van der Waals surface area (Å²) in [5.74, 6) is -2.51. The van der Waals surface area contributed by atoms with Gasteiger partial charge in [-0.3, -0.25) is 19.7 Å². The number of rotatable bonds is 10. The lowest BCUT2D eigenvalue weighted by molar-refractivity contribution is -0.215. The second kappa shape index (κ2) is 10.6. The van der Waals surface area contributed by atoms with Crippen LogP contribution >= 0.6 is 0 Å². The molecule has 1 aromatic rings. The molecule has 1 aliphatic heterocycles. The van der Waals surface area contributed by atoms with Crippen LogP contribution in [-0.4, -0.2) is 66.1 Å². The molecule has 5 N–H and O–H groups in total. The summed E-state index contributed by atoms with van der Waals surface area (Å²) in [6, 6.07) is 3.10. The van der Waals surface area contributed by atoms with Gasteiger partial charge in [0.2, 0.25) is 5.91 Å². The molecule has 1 aliphatic rings. The molecule has 0 bridgehead atoms. The SMILES string of the molecule is COc1ccc(C(=O)C(C)(C)[C@H](N)C(=O)[C@]2(C(=O)NC(C(C)C)C(O)C(F)(F)F)CCCN2)cc1. The quantitative estimate of drug-likeness (QED) is 0.285. The highest BCUT2D eigenvalue weighted by atomic mass is 19.4. The monoisotopic (exact) mass is 501 g/mol. The van der Waals surface area contributed by atoms with Gasteiger partial charge in [0.15, 0.2) is 23.2 Å². The van der Waals surface area contributed by atoms with Crippen molar-refractivity contribution >= 4 is 17.5 Å². The van der Waals surface area contributed by atoms with E-state index in [4.69, 9.17) is 10.5 Å². The van der Waals surface area contributed by atoms with Gasteiger partial charge in [0.25, 0.3) is 0 Å². The van der Waals surface area contributed by atoms with Crippen molar-refractivity contribution < 1.29 is 37.4 Å². The number of benzene rings is 1. The van der Waals surface area contributed by atoms with Crippen LogP contribution in [0.4, 0.5) is 13.2 Å². The van der Waals surface area contributed by atoms with E-state index in [0.717, 1.165) is 0 Å². The minimum absolute atomic E-state index is 0.00883. The molecule has 1 amide bonds. The topological polar surface area (TPSA) is 131 Å². The third-order valence-corrected chi connectivity index (χ3v) is 6.65. The number of methoxy groups -OCH3 is 1. The van der Waals surface area contributed by atoms with Gasteiger partial charge < -0.3 is 20.9 Å². The molecule has 8 nitrogen and oxygen atoms in total. The largest absolute Gasteiger partial charge is 0.497 e. The maximum atomic E-state index is 13.6. The Hall–Kier alpha value is -2.50. The predicted octanol–water partition coefficient (Wildman–Crippen LogP) is 1.99. The summed E-state index contributed by atoms with van der Waals surface area (Å²) in [6.45, 7) is 6.05. The van der Waals surface area contributed by atoms with Crippen LogP contribution in [0.3, 0.4) is 0 Å². The maximum absolute atomic E-state index is 13.6. The number of hydrogen-bond donors (Lipinski definition) is 4. The van der Waals surface area contributed by atoms with Crippen molar-refractivity contribution in [2.24, 2.45) is 17.1 Å². The molecule has 0 saturated carbocycles. The fraction of sp³-hybridized carbons (Fsp3) is 0.625. The molecule has 196 valence electrons. The van der Waals surface area contributed by atoms with E-state index >= 15 is 0 Å². The first-order chi connectivity index (χ1) is 16.1. The van der Waals surface area contributed by atoms with Crippen LogP contribution in [0, 0.1) is 11.3 Å². The zero-order valence-electron chi connectivity index (χ0n) is 20.5. The minimum atomic E-state index is -4.97. The molecule has 0 radical (unpaired) electrons. The van der Waals surface area contributed by atoms with E-state index in [2.05, 4.69) is 10.6 Å². The van der Waals surface area contributed by atoms with Crippen LogP contribution < -0.4 is 21.1 Å². The smallest absolute Gasteiger partial charge is 0.416 e. The number of Topliss-reactive ketones (excluding diaryl/α,β-unsaturated/α-hetero) is 2. The Morgan fingerprint density at radius 3 is 2.17 bits per heavy atom. The Labute approximate surface area is 202 Å². The Morgan fingerprint density at radius 1 is 1.17 bits per heavy atom. The number of hydrogen-bond acceptors (Lipinski definition) is 7. The van der Waals surface area contributed by atoms with Crippen molar-refractivity contribution in [3.63, 3.8) is 0 Å². The first kappa shape index (κ1) is 28.7. The number of aliphatic hydroxyl groups is 1. The van der Waals surface area contributed by atoms with Crippen molar-refractivity contribution in [2.75, 3.05) is 13.7 Å². The van der Waals surface area contributed by atoms with Gasteiger partial charge >= 0.3 is 6.18 Å². The number of ketones is 2.